The summed E-state index contributed by atoms with van der Waals surface area (Å²) in [6.45, 7) is 13.2. The molecular weight excluding hydrogens is 272 g/mol. The van der Waals surface area contributed by atoms with Crippen molar-refractivity contribution in [2.75, 3.05) is 0 Å². The fourth-order valence-electron chi connectivity index (χ4n) is 3.74. The average molecular weight is 304 g/mol. The molecule has 1 unspecified atom stereocenters. The van der Waals surface area contributed by atoms with Gasteiger partial charge in [0.1, 0.15) is 17.1 Å². The summed E-state index contributed by atoms with van der Waals surface area (Å²) in [5.41, 5.74) is 2.01. The molecule has 0 saturated carbocycles. The minimum absolute atomic E-state index is 0.0253. The first-order valence-electron chi connectivity index (χ1n) is 8.73. The highest BCUT2D eigenvalue weighted by atomic mass is 16.5. The van der Waals surface area contributed by atoms with Crippen molar-refractivity contribution >= 4 is 0 Å². The monoisotopic (exact) mass is 304 g/mol. The number of hydrogen-bond acceptors (Lipinski definition) is 2. The maximum Gasteiger partial charge on any atom is 0.124 e. The summed E-state index contributed by atoms with van der Waals surface area (Å²) in [6, 6.07) is 4.03. The summed E-state index contributed by atoms with van der Waals surface area (Å²) in [5.74, 6) is 1.80. The van der Waals surface area contributed by atoms with Crippen molar-refractivity contribution in [2.45, 2.75) is 90.6 Å². The molecule has 124 valence electrons. The Hall–Kier alpha value is -1.18. The minimum atomic E-state index is -0.132. The lowest BCUT2D eigenvalue weighted by Gasteiger charge is -2.38. The summed E-state index contributed by atoms with van der Waals surface area (Å²) in [4.78, 5) is 0. The van der Waals surface area contributed by atoms with Gasteiger partial charge in [-0.05, 0) is 50.2 Å². The molecule has 1 heterocycles. The topological polar surface area (TPSA) is 29.5 Å². The van der Waals surface area contributed by atoms with Crippen molar-refractivity contribution < 1.29 is 9.84 Å². The molecule has 1 aromatic rings. The summed E-state index contributed by atoms with van der Waals surface area (Å²) in [7, 11) is 0. The zero-order valence-corrected chi connectivity index (χ0v) is 15.1. The van der Waals surface area contributed by atoms with Crippen molar-refractivity contribution in [3.63, 3.8) is 0 Å². The minimum Gasteiger partial charge on any atom is -0.508 e. The van der Waals surface area contributed by atoms with Gasteiger partial charge in [0.05, 0.1) is 0 Å². The van der Waals surface area contributed by atoms with E-state index >= 15 is 0 Å². The first-order chi connectivity index (χ1) is 10.2. The molecule has 0 bridgehead atoms. The van der Waals surface area contributed by atoms with Crippen LogP contribution >= 0.6 is 0 Å². The molecule has 0 fully saturated rings. The van der Waals surface area contributed by atoms with Crippen molar-refractivity contribution in [3.8, 4) is 11.5 Å². The van der Waals surface area contributed by atoms with E-state index in [1.165, 1.54) is 19.3 Å². The third-order valence-corrected chi connectivity index (χ3v) is 4.98. The molecule has 1 N–H and O–H groups in total. The van der Waals surface area contributed by atoms with Crippen LogP contribution in [0.25, 0.3) is 0 Å². The quantitative estimate of drug-likeness (QED) is 0.685. The van der Waals surface area contributed by atoms with E-state index in [0.717, 1.165) is 29.7 Å². The molecule has 0 amide bonds. The lowest BCUT2D eigenvalue weighted by molar-refractivity contribution is 0.0741. The normalized spacial score (nSPS) is 20.4. The van der Waals surface area contributed by atoms with E-state index in [0.29, 0.717) is 11.7 Å². The molecule has 0 radical (unpaired) electrons. The van der Waals surface area contributed by atoms with Gasteiger partial charge in [-0.3, -0.25) is 0 Å². The first kappa shape index (κ1) is 17.2. The second-order valence-corrected chi connectivity index (χ2v) is 8.22. The fourth-order valence-corrected chi connectivity index (χ4v) is 3.74. The number of aromatic hydroxyl groups is 1. The number of phenols is 1. The molecule has 2 heteroatoms. The second-order valence-electron chi connectivity index (χ2n) is 8.22. The smallest absolute Gasteiger partial charge is 0.124 e. The van der Waals surface area contributed by atoms with Gasteiger partial charge in [-0.1, -0.05) is 47.0 Å². The van der Waals surface area contributed by atoms with Gasteiger partial charge >= 0.3 is 0 Å². The summed E-state index contributed by atoms with van der Waals surface area (Å²) in [6.07, 6.45) is 5.74. The molecule has 0 saturated heterocycles. The van der Waals surface area contributed by atoms with E-state index in [2.05, 4.69) is 47.6 Å². The maximum absolute atomic E-state index is 10.6. The molecule has 22 heavy (non-hydrogen) atoms. The van der Waals surface area contributed by atoms with Crippen LogP contribution in [-0.2, 0) is 5.41 Å². The van der Waals surface area contributed by atoms with Crippen LogP contribution in [0.15, 0.2) is 12.1 Å². The van der Waals surface area contributed by atoms with Gasteiger partial charge in [0.2, 0.25) is 0 Å². The summed E-state index contributed by atoms with van der Waals surface area (Å²) in [5, 5.41) is 10.6. The van der Waals surface area contributed by atoms with Crippen molar-refractivity contribution in [1.29, 1.82) is 0 Å². The highest BCUT2D eigenvalue weighted by Crippen LogP contribution is 2.46. The largest absolute Gasteiger partial charge is 0.508 e. The van der Waals surface area contributed by atoms with Crippen molar-refractivity contribution in [1.82, 2.24) is 0 Å². The fraction of sp³-hybridized carbons (Fsp3) is 0.700. The van der Waals surface area contributed by atoms with Crippen LogP contribution in [0, 0.1) is 0 Å². The molecule has 1 aromatic carbocycles. The maximum atomic E-state index is 10.6. The second kappa shape index (κ2) is 6.14. The predicted molar refractivity (Wildman–Crippen MR) is 93.0 cm³/mol. The van der Waals surface area contributed by atoms with E-state index < -0.39 is 0 Å². The number of unbranched alkanes of at least 4 members (excludes halogenated alkanes) is 2. The number of fused-ring (bicyclic) bond motifs is 1. The lowest BCUT2D eigenvalue weighted by Crippen LogP contribution is -2.34. The summed E-state index contributed by atoms with van der Waals surface area (Å²) < 4.78 is 6.20. The molecule has 1 atom stereocenters. The molecule has 0 spiro atoms. The van der Waals surface area contributed by atoms with Crippen molar-refractivity contribution in [2.24, 2.45) is 0 Å². The third kappa shape index (κ3) is 3.59. The van der Waals surface area contributed by atoms with E-state index in [4.69, 9.17) is 4.74 Å². The number of phenolic OH excluding ortho intramolecular Hbond substituents is 1. The van der Waals surface area contributed by atoms with Crippen LogP contribution in [0.1, 0.15) is 90.7 Å². The van der Waals surface area contributed by atoms with Gasteiger partial charge in [-0.15, -0.1) is 0 Å². The Bertz CT molecular complexity index is 529. The Labute approximate surface area is 135 Å². The summed E-state index contributed by atoms with van der Waals surface area (Å²) >= 11 is 0. The molecular formula is C20H32O2. The van der Waals surface area contributed by atoms with Crippen LogP contribution in [0.3, 0.4) is 0 Å². The van der Waals surface area contributed by atoms with E-state index in [9.17, 15) is 5.11 Å². The Morgan fingerprint density at radius 2 is 1.95 bits per heavy atom. The molecule has 0 aromatic heterocycles. The van der Waals surface area contributed by atoms with E-state index in [1.807, 2.05) is 6.07 Å². The first-order valence-corrected chi connectivity index (χ1v) is 8.73. The Morgan fingerprint density at radius 1 is 1.27 bits per heavy atom. The number of ether oxygens (including phenoxy) is 1. The standard InChI is InChI=1S/C20H32O2/c1-7-8-9-10-19(3,4)16-12-18-15(11-17(16)21)14(2)13-20(5,6)22-18/h11-12,14,21H,7-10,13H2,1-6H3. The van der Waals surface area contributed by atoms with Crippen LogP contribution in [0.4, 0.5) is 0 Å². The molecule has 1 aliphatic rings. The number of hydrogen-bond donors (Lipinski definition) is 1. The number of benzene rings is 1. The molecule has 2 rings (SSSR count). The number of rotatable bonds is 5. The molecule has 2 nitrogen and oxygen atoms in total. The van der Waals surface area contributed by atoms with E-state index in [1.54, 1.807) is 0 Å². The van der Waals surface area contributed by atoms with Crippen LogP contribution in [0.2, 0.25) is 0 Å². The van der Waals surface area contributed by atoms with Gasteiger partial charge in [0.15, 0.2) is 0 Å². The average Bonchev–Trinajstić information content (AvgIpc) is 2.38. The third-order valence-electron chi connectivity index (χ3n) is 4.98. The van der Waals surface area contributed by atoms with Gasteiger partial charge in [-0.25, -0.2) is 0 Å². The zero-order chi connectivity index (χ0) is 16.5. The van der Waals surface area contributed by atoms with Gasteiger partial charge in [0, 0.05) is 11.1 Å². The van der Waals surface area contributed by atoms with Gasteiger partial charge < -0.3 is 9.84 Å². The Balaban J connectivity index is 2.34. The van der Waals surface area contributed by atoms with Crippen LogP contribution < -0.4 is 4.74 Å². The van der Waals surface area contributed by atoms with Crippen molar-refractivity contribution in [3.05, 3.63) is 23.3 Å². The molecule has 0 aliphatic carbocycles. The van der Waals surface area contributed by atoms with E-state index in [-0.39, 0.29) is 11.0 Å². The van der Waals surface area contributed by atoms with Gasteiger partial charge in [-0.2, -0.15) is 0 Å². The van der Waals surface area contributed by atoms with Gasteiger partial charge in [0.25, 0.3) is 0 Å². The SMILES string of the molecule is CCCCCC(C)(C)c1cc2c(cc1O)C(C)CC(C)(C)O2. The predicted octanol–water partition coefficient (Wildman–Crippen LogP) is 5.91. The van der Waals surface area contributed by atoms with Crippen LogP contribution in [-0.4, -0.2) is 10.7 Å². The molecule has 1 aliphatic heterocycles. The Kier molecular flexibility index (Phi) is 4.79. The van der Waals surface area contributed by atoms with Crippen LogP contribution in [0.5, 0.6) is 11.5 Å². The highest BCUT2D eigenvalue weighted by Gasteiger charge is 2.34. The zero-order valence-electron chi connectivity index (χ0n) is 15.1. The Morgan fingerprint density at radius 3 is 2.59 bits per heavy atom. The lowest BCUT2D eigenvalue weighted by atomic mass is 9.77. The highest BCUT2D eigenvalue weighted by molar-refractivity contribution is 5.51.